The van der Waals surface area contributed by atoms with Gasteiger partial charge >= 0.3 is 6.03 Å². The van der Waals surface area contributed by atoms with E-state index in [2.05, 4.69) is 15.6 Å². The summed E-state index contributed by atoms with van der Waals surface area (Å²) in [6, 6.07) is 20.7. The number of ether oxygens (including phenoxy) is 1. The molecule has 5 rings (SSSR count). The lowest BCUT2D eigenvalue weighted by Gasteiger charge is -2.13. The predicted octanol–water partition coefficient (Wildman–Crippen LogP) is 4.09. The van der Waals surface area contributed by atoms with Crippen molar-refractivity contribution in [3.8, 4) is 5.75 Å². The molecule has 3 aromatic carbocycles. The van der Waals surface area contributed by atoms with Crippen LogP contribution in [0.25, 0.3) is 10.9 Å². The van der Waals surface area contributed by atoms with E-state index in [0.717, 1.165) is 22.0 Å². The summed E-state index contributed by atoms with van der Waals surface area (Å²) < 4.78 is 5.12. The van der Waals surface area contributed by atoms with Crippen LogP contribution in [0.4, 0.5) is 10.5 Å². The molecule has 1 atom stereocenters. The summed E-state index contributed by atoms with van der Waals surface area (Å²) in [4.78, 5) is 42.4. The monoisotopic (exact) mass is 468 g/mol. The van der Waals surface area contributed by atoms with Crippen LogP contribution in [-0.2, 0) is 17.8 Å². The van der Waals surface area contributed by atoms with E-state index in [1.807, 2.05) is 30.5 Å². The van der Waals surface area contributed by atoms with E-state index in [1.54, 1.807) is 55.6 Å². The number of fused-ring (bicyclic) bond motifs is 1. The molecule has 4 aromatic rings. The minimum Gasteiger partial charge on any atom is -0.497 e. The summed E-state index contributed by atoms with van der Waals surface area (Å²) in [5.41, 5.74) is 3.85. The lowest BCUT2D eigenvalue weighted by molar-refractivity contribution is -0.127. The maximum atomic E-state index is 13.0. The highest BCUT2D eigenvalue weighted by molar-refractivity contribution is 6.05. The smallest absolute Gasteiger partial charge is 0.325 e. The third kappa shape index (κ3) is 4.59. The van der Waals surface area contributed by atoms with Crippen LogP contribution in [0.1, 0.15) is 21.5 Å². The number of imide groups is 1. The SMILES string of the molecule is COc1ccc(NC(=O)c2ccc(CN3C(=O)NC(Cc4c[nH]c5ccccc45)C3=O)cc2)cc1. The lowest BCUT2D eigenvalue weighted by atomic mass is 10.0. The highest BCUT2D eigenvalue weighted by Crippen LogP contribution is 2.22. The van der Waals surface area contributed by atoms with Crippen molar-refractivity contribution in [3.05, 3.63) is 95.7 Å². The number of H-pyrrole nitrogens is 1. The Hall–Kier alpha value is -4.59. The molecule has 0 saturated carbocycles. The zero-order valence-electron chi connectivity index (χ0n) is 19.1. The molecule has 0 spiro atoms. The Morgan fingerprint density at radius 3 is 2.49 bits per heavy atom. The quantitative estimate of drug-likeness (QED) is 0.356. The third-order valence-electron chi connectivity index (χ3n) is 6.11. The van der Waals surface area contributed by atoms with Crippen molar-refractivity contribution in [2.75, 3.05) is 12.4 Å². The molecule has 1 unspecified atom stereocenters. The van der Waals surface area contributed by atoms with Crippen LogP contribution in [-0.4, -0.2) is 40.9 Å². The number of anilines is 1. The molecule has 8 heteroatoms. The molecular weight excluding hydrogens is 444 g/mol. The van der Waals surface area contributed by atoms with E-state index < -0.39 is 12.1 Å². The molecule has 1 saturated heterocycles. The zero-order chi connectivity index (χ0) is 24.4. The van der Waals surface area contributed by atoms with Crippen molar-refractivity contribution < 1.29 is 19.1 Å². The summed E-state index contributed by atoms with van der Waals surface area (Å²) in [7, 11) is 1.58. The highest BCUT2D eigenvalue weighted by atomic mass is 16.5. The minimum atomic E-state index is -0.615. The largest absolute Gasteiger partial charge is 0.497 e. The number of carbonyl (C=O) groups excluding carboxylic acids is 3. The van der Waals surface area contributed by atoms with E-state index in [0.29, 0.717) is 23.4 Å². The number of methoxy groups -OCH3 is 1. The summed E-state index contributed by atoms with van der Waals surface area (Å²) in [6.45, 7) is 0.134. The maximum absolute atomic E-state index is 13.0. The van der Waals surface area contributed by atoms with Gasteiger partial charge in [0.15, 0.2) is 0 Å². The first-order chi connectivity index (χ1) is 17.0. The number of nitrogens with zero attached hydrogens (tertiary/aromatic N) is 1. The van der Waals surface area contributed by atoms with Gasteiger partial charge in [0.25, 0.3) is 11.8 Å². The van der Waals surface area contributed by atoms with Crippen molar-refractivity contribution in [3.63, 3.8) is 0 Å². The number of nitrogens with one attached hydrogen (secondary N) is 3. The fourth-order valence-corrected chi connectivity index (χ4v) is 4.21. The molecule has 3 N–H and O–H groups in total. The number of amides is 4. The normalized spacial score (nSPS) is 15.3. The minimum absolute atomic E-state index is 0.134. The average Bonchev–Trinajstić information content (AvgIpc) is 3.41. The fourth-order valence-electron chi connectivity index (χ4n) is 4.21. The van der Waals surface area contributed by atoms with Crippen LogP contribution in [0, 0.1) is 0 Å². The highest BCUT2D eigenvalue weighted by Gasteiger charge is 2.38. The van der Waals surface area contributed by atoms with E-state index in [1.165, 1.54) is 4.90 Å². The van der Waals surface area contributed by atoms with Gasteiger partial charge in [-0.2, -0.15) is 0 Å². The van der Waals surface area contributed by atoms with Crippen molar-refractivity contribution in [2.45, 2.75) is 19.0 Å². The molecule has 1 aliphatic rings. The number of aromatic amines is 1. The summed E-state index contributed by atoms with van der Waals surface area (Å²) in [5, 5.41) is 6.66. The number of carbonyl (C=O) groups is 3. The molecule has 1 aliphatic heterocycles. The number of rotatable bonds is 7. The number of urea groups is 1. The Morgan fingerprint density at radius 2 is 1.74 bits per heavy atom. The lowest BCUT2D eigenvalue weighted by Crippen LogP contribution is -2.32. The molecule has 176 valence electrons. The van der Waals surface area contributed by atoms with E-state index in [4.69, 9.17) is 4.74 Å². The second kappa shape index (κ2) is 9.34. The Balaban J connectivity index is 1.22. The topological polar surface area (TPSA) is 104 Å². The van der Waals surface area contributed by atoms with Gasteiger partial charge in [0.1, 0.15) is 11.8 Å². The number of hydrogen-bond donors (Lipinski definition) is 3. The van der Waals surface area contributed by atoms with Gasteiger partial charge in [0, 0.05) is 34.8 Å². The van der Waals surface area contributed by atoms with Crippen LogP contribution < -0.4 is 15.4 Å². The average molecular weight is 469 g/mol. The molecule has 2 heterocycles. The second-order valence-electron chi connectivity index (χ2n) is 8.37. The second-order valence-corrected chi connectivity index (χ2v) is 8.37. The number of para-hydroxylation sites is 1. The van der Waals surface area contributed by atoms with Gasteiger partial charge in [0.05, 0.1) is 13.7 Å². The van der Waals surface area contributed by atoms with Crippen LogP contribution in [0.3, 0.4) is 0 Å². The first-order valence-corrected chi connectivity index (χ1v) is 11.2. The van der Waals surface area contributed by atoms with Crippen LogP contribution in [0.2, 0.25) is 0 Å². The number of benzene rings is 3. The van der Waals surface area contributed by atoms with E-state index >= 15 is 0 Å². The Bertz CT molecular complexity index is 1390. The van der Waals surface area contributed by atoms with Gasteiger partial charge < -0.3 is 20.4 Å². The predicted molar refractivity (Wildman–Crippen MR) is 132 cm³/mol. The van der Waals surface area contributed by atoms with Crippen LogP contribution in [0.15, 0.2) is 79.0 Å². The molecular formula is C27H24N4O4. The van der Waals surface area contributed by atoms with Gasteiger partial charge in [-0.1, -0.05) is 30.3 Å². The van der Waals surface area contributed by atoms with Gasteiger partial charge in [-0.25, -0.2) is 4.79 Å². The molecule has 0 radical (unpaired) electrons. The van der Waals surface area contributed by atoms with Crippen molar-refractivity contribution in [2.24, 2.45) is 0 Å². The van der Waals surface area contributed by atoms with Gasteiger partial charge in [-0.3, -0.25) is 14.5 Å². The molecule has 0 bridgehead atoms. The third-order valence-corrected chi connectivity index (χ3v) is 6.11. The molecule has 1 aromatic heterocycles. The van der Waals surface area contributed by atoms with E-state index in [-0.39, 0.29) is 18.4 Å². The summed E-state index contributed by atoms with van der Waals surface area (Å²) in [6.07, 6.45) is 2.29. The molecule has 4 amide bonds. The summed E-state index contributed by atoms with van der Waals surface area (Å²) in [5.74, 6) is 0.189. The molecule has 8 nitrogen and oxygen atoms in total. The van der Waals surface area contributed by atoms with Crippen molar-refractivity contribution in [1.82, 2.24) is 15.2 Å². The Morgan fingerprint density at radius 1 is 1.00 bits per heavy atom. The zero-order valence-corrected chi connectivity index (χ0v) is 19.1. The van der Waals surface area contributed by atoms with Gasteiger partial charge in [0.2, 0.25) is 0 Å². The van der Waals surface area contributed by atoms with Crippen molar-refractivity contribution >= 4 is 34.4 Å². The molecule has 1 fully saturated rings. The Labute approximate surface area is 201 Å². The maximum Gasteiger partial charge on any atom is 0.325 e. The van der Waals surface area contributed by atoms with Gasteiger partial charge in [-0.05, 0) is 53.6 Å². The van der Waals surface area contributed by atoms with Gasteiger partial charge in [-0.15, -0.1) is 0 Å². The fraction of sp³-hybridized carbons (Fsp3) is 0.148. The van der Waals surface area contributed by atoms with Crippen LogP contribution in [0.5, 0.6) is 5.75 Å². The molecule has 35 heavy (non-hydrogen) atoms. The first-order valence-electron chi connectivity index (χ1n) is 11.2. The van der Waals surface area contributed by atoms with E-state index in [9.17, 15) is 14.4 Å². The van der Waals surface area contributed by atoms with Crippen LogP contribution >= 0.6 is 0 Å². The first kappa shape index (κ1) is 22.2. The number of hydrogen-bond acceptors (Lipinski definition) is 4. The standard InChI is InChI=1S/C27H24N4O4/c1-35-21-12-10-20(11-13-21)29-25(32)18-8-6-17(7-9-18)16-31-26(33)24(30-27(31)34)14-19-15-28-23-5-3-2-4-22(19)23/h2-13,15,24,28H,14,16H2,1H3,(H,29,32)(H,30,34). The summed E-state index contributed by atoms with van der Waals surface area (Å²) >= 11 is 0. The Kier molecular flexibility index (Phi) is 5.93. The molecule has 0 aliphatic carbocycles. The van der Waals surface area contributed by atoms with Crippen molar-refractivity contribution in [1.29, 1.82) is 0 Å². The number of aromatic nitrogens is 1.